The molecule has 2 heteroatoms. The van der Waals surface area contributed by atoms with Crippen LogP contribution in [0.2, 0.25) is 0 Å². The molecule has 0 saturated carbocycles. The first-order valence-corrected chi connectivity index (χ1v) is 7.27. The molecule has 0 bridgehead atoms. The van der Waals surface area contributed by atoms with E-state index in [1.54, 1.807) is 0 Å². The van der Waals surface area contributed by atoms with E-state index in [1.165, 1.54) is 45.1 Å². The molecule has 0 saturated heterocycles. The van der Waals surface area contributed by atoms with Crippen molar-refractivity contribution in [1.29, 1.82) is 0 Å². The Morgan fingerprint density at radius 3 is 2.47 bits per heavy atom. The summed E-state index contributed by atoms with van der Waals surface area (Å²) in [5, 5.41) is 0. The summed E-state index contributed by atoms with van der Waals surface area (Å²) in [6.45, 7) is 9.10. The van der Waals surface area contributed by atoms with Crippen LogP contribution in [0.4, 0.5) is 0 Å². The highest BCUT2D eigenvalue weighted by Gasteiger charge is 2.04. The molecule has 0 spiro atoms. The predicted octanol–water partition coefficient (Wildman–Crippen LogP) is 3.79. The second-order valence-corrected chi connectivity index (χ2v) is 5.51. The fourth-order valence-electron chi connectivity index (χ4n) is 2.18. The summed E-state index contributed by atoms with van der Waals surface area (Å²) in [5.74, 6) is 0.727. The number of aromatic nitrogens is 2. The van der Waals surface area contributed by atoms with Crippen molar-refractivity contribution in [2.75, 3.05) is 0 Å². The van der Waals surface area contributed by atoms with Crippen molar-refractivity contribution in [3.63, 3.8) is 0 Å². The Hall–Kier alpha value is -0.790. The van der Waals surface area contributed by atoms with Gasteiger partial charge in [-0.1, -0.05) is 46.5 Å². The largest absolute Gasteiger partial charge is 0.243 e. The average Bonchev–Trinajstić information content (AvgIpc) is 2.70. The van der Waals surface area contributed by atoms with Gasteiger partial charge < -0.3 is 0 Å². The molecule has 17 heavy (non-hydrogen) atoms. The lowest BCUT2D eigenvalue weighted by molar-refractivity contribution is -0.701. The Kier molecular flexibility index (Phi) is 6.99. The smallest absolute Gasteiger partial charge is 0.237 e. The number of imidazole rings is 1. The van der Waals surface area contributed by atoms with Crippen LogP contribution < -0.4 is 4.57 Å². The van der Waals surface area contributed by atoms with Crippen LogP contribution in [0.25, 0.3) is 0 Å². The first kappa shape index (κ1) is 14.3. The minimum atomic E-state index is 0.727. The number of aryl methyl sites for hydroxylation is 1. The van der Waals surface area contributed by atoms with Gasteiger partial charge in [-0.05, 0) is 18.8 Å². The fourth-order valence-corrected chi connectivity index (χ4v) is 2.18. The van der Waals surface area contributed by atoms with Gasteiger partial charge in [-0.25, -0.2) is 9.13 Å². The Bertz CT molecular complexity index is 289. The number of hydrogen-bond donors (Lipinski definition) is 0. The molecule has 98 valence electrons. The summed E-state index contributed by atoms with van der Waals surface area (Å²) in [4.78, 5) is 0. The van der Waals surface area contributed by atoms with Crippen molar-refractivity contribution in [3.05, 3.63) is 18.7 Å². The van der Waals surface area contributed by atoms with Crippen LogP contribution in [0.15, 0.2) is 18.7 Å². The molecule has 0 unspecified atom stereocenters. The van der Waals surface area contributed by atoms with Crippen LogP contribution in [-0.4, -0.2) is 4.57 Å². The predicted molar refractivity (Wildman–Crippen MR) is 72.8 cm³/mol. The Labute approximate surface area is 107 Å². The maximum Gasteiger partial charge on any atom is 0.243 e. The van der Waals surface area contributed by atoms with Gasteiger partial charge in [0.2, 0.25) is 6.33 Å². The molecule has 1 aromatic rings. The highest BCUT2D eigenvalue weighted by atomic mass is 15.1. The van der Waals surface area contributed by atoms with Crippen molar-refractivity contribution in [2.24, 2.45) is 5.92 Å². The van der Waals surface area contributed by atoms with Crippen LogP contribution in [-0.2, 0) is 13.1 Å². The second kappa shape index (κ2) is 8.32. The molecule has 0 atom stereocenters. The van der Waals surface area contributed by atoms with Crippen LogP contribution in [0, 0.1) is 5.92 Å². The normalized spacial score (nSPS) is 11.3. The number of unbranched alkanes of at least 4 members (excludes halogenated alkanes) is 5. The summed E-state index contributed by atoms with van der Waals surface area (Å²) >= 11 is 0. The summed E-state index contributed by atoms with van der Waals surface area (Å²) in [6.07, 6.45) is 14.9. The molecule has 0 N–H and O–H groups in total. The zero-order valence-electron chi connectivity index (χ0n) is 11.9. The fraction of sp³-hybridized carbons (Fsp3) is 0.800. The first-order valence-electron chi connectivity index (χ1n) is 7.27. The quantitative estimate of drug-likeness (QED) is 0.456. The van der Waals surface area contributed by atoms with Gasteiger partial charge in [0.25, 0.3) is 0 Å². The molecule has 0 radical (unpaired) electrons. The maximum atomic E-state index is 2.32. The molecule has 0 aliphatic rings. The van der Waals surface area contributed by atoms with Crippen LogP contribution >= 0.6 is 0 Å². The lowest BCUT2D eigenvalue weighted by Crippen LogP contribution is -2.33. The van der Waals surface area contributed by atoms with Gasteiger partial charge >= 0.3 is 0 Å². The molecular formula is C15H29N2+. The van der Waals surface area contributed by atoms with E-state index in [9.17, 15) is 0 Å². The monoisotopic (exact) mass is 237 g/mol. The molecule has 0 aliphatic heterocycles. The van der Waals surface area contributed by atoms with Crippen LogP contribution in [0.1, 0.15) is 59.3 Å². The van der Waals surface area contributed by atoms with E-state index < -0.39 is 0 Å². The summed E-state index contributed by atoms with van der Waals surface area (Å²) in [5.41, 5.74) is 0. The molecule has 0 fully saturated rings. The topological polar surface area (TPSA) is 8.81 Å². The third-order valence-corrected chi connectivity index (χ3v) is 3.09. The van der Waals surface area contributed by atoms with Gasteiger partial charge in [0.1, 0.15) is 12.4 Å². The van der Waals surface area contributed by atoms with Crippen LogP contribution in [0.5, 0.6) is 0 Å². The van der Waals surface area contributed by atoms with Gasteiger partial charge in [0.15, 0.2) is 0 Å². The minimum Gasteiger partial charge on any atom is -0.237 e. The second-order valence-electron chi connectivity index (χ2n) is 5.51. The van der Waals surface area contributed by atoms with Crippen LogP contribution in [0.3, 0.4) is 0 Å². The Morgan fingerprint density at radius 2 is 1.76 bits per heavy atom. The van der Waals surface area contributed by atoms with Gasteiger partial charge in [0, 0.05) is 0 Å². The number of nitrogens with zero attached hydrogens (tertiary/aromatic N) is 2. The van der Waals surface area contributed by atoms with E-state index >= 15 is 0 Å². The molecule has 0 aromatic carbocycles. The third-order valence-electron chi connectivity index (χ3n) is 3.09. The van der Waals surface area contributed by atoms with Gasteiger partial charge in [-0.15, -0.1) is 0 Å². The maximum absolute atomic E-state index is 2.32. The molecule has 1 heterocycles. The number of rotatable bonds is 9. The summed E-state index contributed by atoms with van der Waals surface area (Å²) in [7, 11) is 0. The van der Waals surface area contributed by atoms with E-state index in [0.717, 1.165) is 12.5 Å². The van der Waals surface area contributed by atoms with Crippen molar-refractivity contribution in [2.45, 2.75) is 72.4 Å². The lowest BCUT2D eigenvalue weighted by atomic mass is 10.1. The van der Waals surface area contributed by atoms with Crippen molar-refractivity contribution in [1.82, 2.24) is 4.57 Å². The molecule has 2 nitrogen and oxygen atoms in total. The van der Waals surface area contributed by atoms with E-state index in [0.29, 0.717) is 0 Å². The molecule has 0 aliphatic carbocycles. The average molecular weight is 237 g/mol. The van der Waals surface area contributed by atoms with Gasteiger partial charge in [0.05, 0.1) is 13.1 Å². The SMILES string of the molecule is CCCCCCCCn1cc[n+](CC(C)C)c1. The van der Waals surface area contributed by atoms with Gasteiger partial charge in [-0.3, -0.25) is 0 Å². The van der Waals surface area contributed by atoms with E-state index in [1.807, 2.05) is 0 Å². The zero-order chi connectivity index (χ0) is 12.5. The van der Waals surface area contributed by atoms with Crippen molar-refractivity contribution >= 4 is 0 Å². The lowest BCUT2D eigenvalue weighted by Gasteiger charge is -2.00. The van der Waals surface area contributed by atoms with E-state index in [4.69, 9.17) is 0 Å². The van der Waals surface area contributed by atoms with Gasteiger partial charge in [-0.2, -0.15) is 0 Å². The molecule has 1 aromatic heterocycles. The molecule has 0 amide bonds. The highest BCUT2D eigenvalue weighted by Crippen LogP contribution is 2.05. The van der Waals surface area contributed by atoms with Crippen molar-refractivity contribution < 1.29 is 4.57 Å². The first-order chi connectivity index (χ1) is 8.22. The number of hydrogen-bond acceptors (Lipinski definition) is 0. The third kappa shape index (κ3) is 6.50. The minimum absolute atomic E-state index is 0.727. The molecule has 1 rings (SSSR count). The molecular weight excluding hydrogens is 208 g/mol. The van der Waals surface area contributed by atoms with E-state index in [-0.39, 0.29) is 0 Å². The summed E-state index contributed by atoms with van der Waals surface area (Å²) < 4.78 is 4.62. The highest BCUT2D eigenvalue weighted by molar-refractivity contribution is 4.66. The Balaban J connectivity index is 2.12. The zero-order valence-corrected chi connectivity index (χ0v) is 11.9. The van der Waals surface area contributed by atoms with E-state index in [2.05, 4.69) is 48.6 Å². The Morgan fingerprint density at radius 1 is 1.06 bits per heavy atom. The summed E-state index contributed by atoms with van der Waals surface area (Å²) in [6, 6.07) is 0. The standard InChI is InChI=1S/C15H29N2/c1-4-5-6-7-8-9-10-16-11-12-17(14-16)13-15(2)3/h11-12,14-15H,4-10,13H2,1-3H3/q+1. The van der Waals surface area contributed by atoms with Crippen molar-refractivity contribution in [3.8, 4) is 0 Å².